The molecule has 4 heteroatoms. The number of benzene rings is 2. The Kier molecular flexibility index (Phi) is 5.80. The molecule has 0 fully saturated rings. The summed E-state index contributed by atoms with van der Waals surface area (Å²) in [5, 5.41) is 0. The van der Waals surface area contributed by atoms with Crippen LogP contribution < -0.4 is 9.47 Å². The average molecular weight is 311 g/mol. The van der Waals surface area contributed by atoms with Gasteiger partial charge in [0.15, 0.2) is 0 Å². The van der Waals surface area contributed by atoms with E-state index in [9.17, 15) is 4.79 Å². The molecule has 0 radical (unpaired) electrons. The summed E-state index contributed by atoms with van der Waals surface area (Å²) in [6.45, 7) is 0.575. The van der Waals surface area contributed by atoms with Crippen LogP contribution in [0.5, 0.6) is 11.5 Å². The van der Waals surface area contributed by atoms with Crippen LogP contribution >= 0.6 is 0 Å². The smallest absolute Gasteiger partial charge is 0.246 e. The molecule has 0 saturated carbocycles. The molecule has 0 aromatic heterocycles. The first-order valence-corrected chi connectivity index (χ1v) is 7.32. The Hall–Kier alpha value is -2.75. The predicted molar refractivity (Wildman–Crippen MR) is 91.5 cm³/mol. The molecule has 23 heavy (non-hydrogen) atoms. The lowest BCUT2D eigenvalue weighted by Gasteiger charge is -2.15. The third-order valence-electron chi connectivity index (χ3n) is 3.43. The van der Waals surface area contributed by atoms with Gasteiger partial charge in [-0.25, -0.2) is 0 Å². The second-order valence-electron chi connectivity index (χ2n) is 5.16. The van der Waals surface area contributed by atoms with Gasteiger partial charge in [-0.15, -0.1) is 0 Å². The summed E-state index contributed by atoms with van der Waals surface area (Å²) >= 11 is 0. The van der Waals surface area contributed by atoms with E-state index in [1.807, 2.05) is 42.5 Å². The van der Waals surface area contributed by atoms with Crippen LogP contribution in [0.4, 0.5) is 0 Å². The van der Waals surface area contributed by atoms with Crippen LogP contribution in [0.15, 0.2) is 54.6 Å². The van der Waals surface area contributed by atoms with Gasteiger partial charge in [0.1, 0.15) is 11.5 Å². The first kappa shape index (κ1) is 16.6. The Morgan fingerprint density at radius 1 is 1.04 bits per heavy atom. The van der Waals surface area contributed by atoms with E-state index in [0.717, 1.165) is 11.1 Å². The molecule has 0 saturated heterocycles. The van der Waals surface area contributed by atoms with Gasteiger partial charge in [-0.05, 0) is 29.3 Å². The van der Waals surface area contributed by atoms with Gasteiger partial charge in [-0.1, -0.05) is 30.3 Å². The van der Waals surface area contributed by atoms with Crippen molar-refractivity contribution in [2.75, 3.05) is 21.3 Å². The first-order chi connectivity index (χ1) is 11.1. The fourth-order valence-corrected chi connectivity index (χ4v) is 2.16. The van der Waals surface area contributed by atoms with Crippen molar-refractivity contribution in [1.29, 1.82) is 0 Å². The summed E-state index contributed by atoms with van der Waals surface area (Å²) in [4.78, 5) is 13.9. The van der Waals surface area contributed by atoms with Crippen LogP contribution in [0, 0.1) is 0 Å². The first-order valence-electron chi connectivity index (χ1n) is 7.32. The molecule has 2 aromatic rings. The molecule has 2 rings (SSSR count). The number of nitrogens with zero attached hydrogens (tertiary/aromatic N) is 1. The number of hydrogen-bond donors (Lipinski definition) is 0. The highest BCUT2D eigenvalue weighted by molar-refractivity contribution is 5.91. The van der Waals surface area contributed by atoms with Crippen LogP contribution in [0.2, 0.25) is 0 Å². The topological polar surface area (TPSA) is 38.8 Å². The van der Waals surface area contributed by atoms with E-state index in [-0.39, 0.29) is 5.91 Å². The quantitative estimate of drug-likeness (QED) is 0.768. The number of carbonyl (C=O) groups excluding carboxylic acids is 1. The lowest BCUT2D eigenvalue weighted by Crippen LogP contribution is -2.24. The molecule has 0 heterocycles. The lowest BCUT2D eigenvalue weighted by molar-refractivity contribution is -0.125. The maximum Gasteiger partial charge on any atom is 0.246 e. The minimum atomic E-state index is -0.0596. The van der Waals surface area contributed by atoms with E-state index in [2.05, 4.69) is 0 Å². The van der Waals surface area contributed by atoms with Crippen molar-refractivity contribution in [1.82, 2.24) is 4.90 Å². The van der Waals surface area contributed by atoms with Gasteiger partial charge in [0.25, 0.3) is 0 Å². The molecule has 0 bridgehead atoms. The highest BCUT2D eigenvalue weighted by Gasteiger charge is 2.06. The molecule has 0 N–H and O–H groups in total. The maximum atomic E-state index is 12.2. The van der Waals surface area contributed by atoms with Crippen LogP contribution in [-0.4, -0.2) is 32.1 Å². The van der Waals surface area contributed by atoms with Gasteiger partial charge in [-0.2, -0.15) is 0 Å². The molecule has 1 amide bonds. The van der Waals surface area contributed by atoms with E-state index in [4.69, 9.17) is 9.47 Å². The van der Waals surface area contributed by atoms with Crippen LogP contribution in [-0.2, 0) is 11.3 Å². The Balaban J connectivity index is 2.05. The Labute approximate surface area is 137 Å². The van der Waals surface area contributed by atoms with Gasteiger partial charge in [0.2, 0.25) is 5.91 Å². The standard InChI is InChI=1S/C19H21NO3/c1-20(14-15-7-5-4-6-8-15)19(21)10-9-16-11-17(22-2)13-18(12-16)23-3/h4-13H,14H2,1-3H3/b10-9+. The van der Waals surface area contributed by atoms with E-state index in [0.29, 0.717) is 18.0 Å². The highest BCUT2D eigenvalue weighted by atomic mass is 16.5. The SMILES string of the molecule is COc1cc(/C=C/C(=O)N(C)Cc2ccccc2)cc(OC)c1. The van der Waals surface area contributed by atoms with Crippen molar-refractivity contribution in [3.8, 4) is 11.5 Å². The lowest BCUT2D eigenvalue weighted by atomic mass is 10.1. The fraction of sp³-hybridized carbons (Fsp3) is 0.211. The molecular formula is C19H21NO3. The molecule has 0 spiro atoms. The van der Waals surface area contributed by atoms with Gasteiger partial charge in [0, 0.05) is 25.7 Å². The average Bonchev–Trinajstić information content (AvgIpc) is 2.60. The summed E-state index contributed by atoms with van der Waals surface area (Å²) in [7, 11) is 4.98. The third-order valence-corrected chi connectivity index (χ3v) is 3.43. The van der Waals surface area contributed by atoms with Gasteiger partial charge < -0.3 is 14.4 Å². The normalized spacial score (nSPS) is 10.6. The Morgan fingerprint density at radius 2 is 1.65 bits per heavy atom. The van der Waals surface area contributed by atoms with Crippen LogP contribution in [0.3, 0.4) is 0 Å². The third kappa shape index (κ3) is 4.88. The number of likely N-dealkylation sites (N-methyl/N-ethyl adjacent to an activating group) is 1. The summed E-state index contributed by atoms with van der Waals surface area (Å²) < 4.78 is 10.4. The molecule has 2 aromatic carbocycles. The zero-order chi connectivity index (χ0) is 16.7. The molecule has 4 nitrogen and oxygen atoms in total. The van der Waals surface area contributed by atoms with E-state index in [1.54, 1.807) is 44.4 Å². The molecular weight excluding hydrogens is 290 g/mol. The molecule has 0 aliphatic rings. The summed E-state index contributed by atoms with van der Waals surface area (Å²) in [6.07, 6.45) is 3.31. The van der Waals surface area contributed by atoms with Crippen LogP contribution in [0.25, 0.3) is 6.08 Å². The minimum absolute atomic E-state index is 0.0596. The minimum Gasteiger partial charge on any atom is -0.497 e. The number of rotatable bonds is 6. The Morgan fingerprint density at radius 3 is 2.22 bits per heavy atom. The van der Waals surface area contributed by atoms with Crippen molar-refractivity contribution in [3.63, 3.8) is 0 Å². The highest BCUT2D eigenvalue weighted by Crippen LogP contribution is 2.23. The zero-order valence-corrected chi connectivity index (χ0v) is 13.7. The van der Waals surface area contributed by atoms with Gasteiger partial charge >= 0.3 is 0 Å². The second kappa shape index (κ2) is 8.03. The largest absolute Gasteiger partial charge is 0.497 e. The second-order valence-corrected chi connectivity index (χ2v) is 5.16. The summed E-state index contributed by atoms with van der Waals surface area (Å²) in [5.41, 5.74) is 1.95. The van der Waals surface area contributed by atoms with Crippen molar-refractivity contribution >= 4 is 12.0 Å². The summed E-state index contributed by atoms with van der Waals surface area (Å²) in [5.74, 6) is 1.32. The van der Waals surface area contributed by atoms with Gasteiger partial charge in [-0.3, -0.25) is 4.79 Å². The molecule has 120 valence electrons. The number of amides is 1. The van der Waals surface area contributed by atoms with Crippen molar-refractivity contribution in [2.45, 2.75) is 6.54 Å². The monoisotopic (exact) mass is 311 g/mol. The number of ether oxygens (including phenoxy) is 2. The van der Waals surface area contributed by atoms with Crippen molar-refractivity contribution < 1.29 is 14.3 Å². The predicted octanol–water partition coefficient (Wildman–Crippen LogP) is 3.38. The van der Waals surface area contributed by atoms with Crippen molar-refractivity contribution in [3.05, 3.63) is 65.7 Å². The van der Waals surface area contributed by atoms with E-state index < -0.39 is 0 Å². The number of methoxy groups -OCH3 is 2. The van der Waals surface area contributed by atoms with Crippen molar-refractivity contribution in [2.24, 2.45) is 0 Å². The summed E-state index contributed by atoms with van der Waals surface area (Å²) in [6, 6.07) is 15.4. The number of carbonyl (C=O) groups is 1. The molecule has 0 aliphatic carbocycles. The maximum absolute atomic E-state index is 12.2. The van der Waals surface area contributed by atoms with E-state index >= 15 is 0 Å². The van der Waals surface area contributed by atoms with Crippen LogP contribution in [0.1, 0.15) is 11.1 Å². The fourth-order valence-electron chi connectivity index (χ4n) is 2.16. The Bertz CT molecular complexity index is 658. The number of hydrogen-bond acceptors (Lipinski definition) is 3. The van der Waals surface area contributed by atoms with Gasteiger partial charge in [0.05, 0.1) is 14.2 Å². The van der Waals surface area contributed by atoms with E-state index in [1.165, 1.54) is 0 Å². The molecule has 0 unspecified atom stereocenters. The molecule has 0 aliphatic heterocycles. The zero-order valence-electron chi connectivity index (χ0n) is 13.7. The molecule has 0 atom stereocenters.